The van der Waals surface area contributed by atoms with Crippen LogP contribution in [0.4, 0.5) is 0 Å². The van der Waals surface area contributed by atoms with Crippen molar-refractivity contribution in [3.8, 4) is 5.75 Å². The molecule has 4 aromatic rings. The minimum absolute atomic E-state index is 0.0190. The number of likely N-dealkylation sites (tertiary alicyclic amines) is 1. The Balaban J connectivity index is 1.30. The molecule has 1 atom stereocenters. The van der Waals surface area contributed by atoms with E-state index in [1.165, 1.54) is 0 Å². The molecule has 0 aliphatic carbocycles. The van der Waals surface area contributed by atoms with Gasteiger partial charge in [0.05, 0.1) is 7.11 Å². The second kappa shape index (κ2) is 10.2. The molecule has 184 valence electrons. The lowest BCUT2D eigenvalue weighted by Crippen LogP contribution is -2.44. The average molecular weight is 483 g/mol. The molecule has 1 aliphatic heterocycles. The van der Waals surface area contributed by atoms with Gasteiger partial charge in [-0.3, -0.25) is 9.59 Å². The number of rotatable bonds is 6. The summed E-state index contributed by atoms with van der Waals surface area (Å²) < 4.78 is 7.48. The maximum atomic E-state index is 13.4. The van der Waals surface area contributed by atoms with Crippen molar-refractivity contribution in [2.75, 3.05) is 20.2 Å². The van der Waals surface area contributed by atoms with E-state index in [1.54, 1.807) is 13.3 Å². The van der Waals surface area contributed by atoms with Crippen molar-refractivity contribution in [3.63, 3.8) is 0 Å². The molecule has 7 heteroatoms. The van der Waals surface area contributed by atoms with Gasteiger partial charge in [-0.2, -0.15) is 0 Å². The minimum Gasteiger partial charge on any atom is -0.496 e. The van der Waals surface area contributed by atoms with Gasteiger partial charge in [0.15, 0.2) is 0 Å². The lowest BCUT2D eigenvalue weighted by molar-refractivity contribution is -0.126. The highest BCUT2D eigenvalue weighted by Gasteiger charge is 2.31. The maximum absolute atomic E-state index is 13.4. The van der Waals surface area contributed by atoms with Crippen LogP contribution in [0.2, 0.25) is 0 Å². The predicted molar refractivity (Wildman–Crippen MR) is 139 cm³/mol. The molecule has 0 radical (unpaired) electrons. The molecule has 0 saturated carbocycles. The SMILES string of the molecule is COc1ccccc1C(NC(=O)C1CCN(C(=O)c2cccc3ccccc23)CC1)c1nccn1C. The van der Waals surface area contributed by atoms with E-state index < -0.39 is 6.04 Å². The van der Waals surface area contributed by atoms with Gasteiger partial charge in [0.25, 0.3) is 5.91 Å². The number of carbonyl (C=O) groups excluding carboxylic acids is 2. The van der Waals surface area contributed by atoms with Gasteiger partial charge in [-0.25, -0.2) is 4.98 Å². The summed E-state index contributed by atoms with van der Waals surface area (Å²) in [6, 6.07) is 21.0. The third-order valence-electron chi connectivity index (χ3n) is 7.03. The number of methoxy groups -OCH3 is 1. The van der Waals surface area contributed by atoms with Crippen LogP contribution in [-0.2, 0) is 11.8 Å². The molecular formula is C29H30N4O3. The Bertz CT molecular complexity index is 1380. The molecule has 1 unspecified atom stereocenters. The fourth-order valence-corrected chi connectivity index (χ4v) is 5.03. The summed E-state index contributed by atoms with van der Waals surface area (Å²) in [6.07, 6.45) is 4.81. The molecule has 1 fully saturated rings. The van der Waals surface area contributed by atoms with E-state index in [2.05, 4.69) is 10.3 Å². The van der Waals surface area contributed by atoms with Crippen molar-refractivity contribution in [2.45, 2.75) is 18.9 Å². The first-order chi connectivity index (χ1) is 17.6. The third kappa shape index (κ3) is 4.56. The number of aromatic nitrogens is 2. The quantitative estimate of drug-likeness (QED) is 0.444. The number of nitrogens with one attached hydrogen (secondary N) is 1. The number of hydrogen-bond donors (Lipinski definition) is 1. The second-order valence-electron chi connectivity index (χ2n) is 9.17. The molecule has 1 aromatic heterocycles. The van der Waals surface area contributed by atoms with E-state index in [4.69, 9.17) is 4.74 Å². The van der Waals surface area contributed by atoms with Crippen molar-refractivity contribution in [1.82, 2.24) is 19.8 Å². The zero-order valence-electron chi connectivity index (χ0n) is 20.6. The van der Waals surface area contributed by atoms with Gasteiger partial charge < -0.3 is 19.5 Å². The molecule has 1 N–H and O–H groups in total. The number of hydrogen-bond acceptors (Lipinski definition) is 4. The van der Waals surface area contributed by atoms with Crippen LogP contribution in [0.15, 0.2) is 79.1 Å². The van der Waals surface area contributed by atoms with Crippen LogP contribution < -0.4 is 10.1 Å². The number of piperidine rings is 1. The molecule has 2 heterocycles. The Morgan fingerprint density at radius 3 is 2.47 bits per heavy atom. The molecule has 7 nitrogen and oxygen atoms in total. The largest absolute Gasteiger partial charge is 0.496 e. The fourth-order valence-electron chi connectivity index (χ4n) is 5.03. The smallest absolute Gasteiger partial charge is 0.254 e. The van der Waals surface area contributed by atoms with Crippen LogP contribution >= 0.6 is 0 Å². The zero-order chi connectivity index (χ0) is 25.1. The van der Waals surface area contributed by atoms with E-state index in [0.717, 1.165) is 22.2 Å². The maximum Gasteiger partial charge on any atom is 0.254 e. The van der Waals surface area contributed by atoms with E-state index >= 15 is 0 Å². The van der Waals surface area contributed by atoms with E-state index in [-0.39, 0.29) is 17.7 Å². The highest BCUT2D eigenvalue weighted by atomic mass is 16.5. The highest BCUT2D eigenvalue weighted by molar-refractivity contribution is 6.07. The number of benzene rings is 3. The summed E-state index contributed by atoms with van der Waals surface area (Å²) in [5, 5.41) is 5.22. The summed E-state index contributed by atoms with van der Waals surface area (Å²) in [7, 11) is 3.53. The first kappa shape index (κ1) is 23.6. The van der Waals surface area contributed by atoms with Crippen LogP contribution in [-0.4, -0.2) is 46.5 Å². The van der Waals surface area contributed by atoms with Gasteiger partial charge in [0.1, 0.15) is 17.6 Å². The molecule has 1 aliphatic rings. The van der Waals surface area contributed by atoms with Crippen LogP contribution in [0.25, 0.3) is 10.8 Å². The highest BCUT2D eigenvalue weighted by Crippen LogP contribution is 2.30. The van der Waals surface area contributed by atoms with Crippen molar-refractivity contribution in [2.24, 2.45) is 13.0 Å². The topological polar surface area (TPSA) is 76.5 Å². The van der Waals surface area contributed by atoms with Crippen molar-refractivity contribution in [1.29, 1.82) is 0 Å². The summed E-state index contributed by atoms with van der Waals surface area (Å²) in [5.41, 5.74) is 1.56. The average Bonchev–Trinajstić information content (AvgIpc) is 3.36. The van der Waals surface area contributed by atoms with Gasteiger partial charge in [-0.05, 0) is 35.7 Å². The number of aryl methyl sites for hydroxylation is 1. The van der Waals surface area contributed by atoms with Crippen LogP contribution in [0.3, 0.4) is 0 Å². The molecule has 2 amide bonds. The molecule has 0 bridgehead atoms. The number of fused-ring (bicyclic) bond motifs is 1. The fraction of sp³-hybridized carbons (Fsp3) is 0.276. The summed E-state index contributed by atoms with van der Waals surface area (Å²) >= 11 is 0. The molecule has 1 saturated heterocycles. The lowest BCUT2D eigenvalue weighted by atomic mass is 9.94. The Morgan fingerprint density at radius 2 is 1.72 bits per heavy atom. The second-order valence-corrected chi connectivity index (χ2v) is 9.17. The Kier molecular flexibility index (Phi) is 6.71. The van der Waals surface area contributed by atoms with Crippen LogP contribution in [0, 0.1) is 5.92 Å². The van der Waals surface area contributed by atoms with Crippen LogP contribution in [0.1, 0.15) is 40.6 Å². The third-order valence-corrected chi connectivity index (χ3v) is 7.03. The van der Waals surface area contributed by atoms with Crippen LogP contribution in [0.5, 0.6) is 5.75 Å². The van der Waals surface area contributed by atoms with Crippen molar-refractivity contribution >= 4 is 22.6 Å². The van der Waals surface area contributed by atoms with E-state index in [1.807, 2.05) is 89.4 Å². The molecular weight excluding hydrogens is 452 g/mol. The predicted octanol–water partition coefficient (Wildman–Crippen LogP) is 4.34. The zero-order valence-corrected chi connectivity index (χ0v) is 20.6. The van der Waals surface area contributed by atoms with Gasteiger partial charge in [-0.1, -0.05) is 54.6 Å². The summed E-state index contributed by atoms with van der Waals surface area (Å²) in [5.74, 6) is 1.23. The number of carbonyl (C=O) groups is 2. The van der Waals surface area contributed by atoms with E-state index in [0.29, 0.717) is 37.2 Å². The number of para-hydroxylation sites is 1. The van der Waals surface area contributed by atoms with Crippen molar-refractivity contribution in [3.05, 3.63) is 96.1 Å². The molecule has 0 spiro atoms. The van der Waals surface area contributed by atoms with E-state index in [9.17, 15) is 9.59 Å². The molecule has 36 heavy (non-hydrogen) atoms. The Morgan fingerprint density at radius 1 is 1.00 bits per heavy atom. The first-order valence-corrected chi connectivity index (χ1v) is 12.2. The number of imidazole rings is 1. The Hall–Kier alpha value is -4.13. The normalized spacial score (nSPS) is 15.0. The lowest BCUT2D eigenvalue weighted by Gasteiger charge is -2.32. The molecule has 5 rings (SSSR count). The standard InChI is InChI=1S/C29H30N4O3/c1-32-19-16-30-27(32)26(24-11-5-6-13-25(24)36-2)31-28(34)21-14-17-33(18-15-21)29(35)23-12-7-9-20-8-3-4-10-22(20)23/h3-13,16,19,21,26H,14-15,17-18H2,1-2H3,(H,31,34). The van der Waals surface area contributed by atoms with Gasteiger partial charge in [0.2, 0.25) is 5.91 Å². The van der Waals surface area contributed by atoms with Gasteiger partial charge in [-0.15, -0.1) is 0 Å². The van der Waals surface area contributed by atoms with Gasteiger partial charge in [0, 0.05) is 49.6 Å². The minimum atomic E-state index is -0.441. The van der Waals surface area contributed by atoms with Gasteiger partial charge >= 0.3 is 0 Å². The molecule has 3 aromatic carbocycles. The summed E-state index contributed by atoms with van der Waals surface area (Å²) in [6.45, 7) is 1.09. The number of amides is 2. The Labute approximate surface area is 210 Å². The summed E-state index contributed by atoms with van der Waals surface area (Å²) in [4.78, 5) is 33.1. The number of ether oxygens (including phenoxy) is 1. The monoisotopic (exact) mass is 482 g/mol. The van der Waals surface area contributed by atoms with Crippen molar-refractivity contribution < 1.29 is 14.3 Å². The number of nitrogens with zero attached hydrogens (tertiary/aromatic N) is 3. The first-order valence-electron chi connectivity index (χ1n) is 12.2.